The van der Waals surface area contributed by atoms with Crippen LogP contribution in [0.3, 0.4) is 0 Å². The van der Waals surface area contributed by atoms with Gasteiger partial charge in [0.2, 0.25) is 0 Å². The largest absolute Gasteiger partial charge is 0.354 e. The Hall–Kier alpha value is -3.54. The number of fused-ring (bicyclic) bond motifs is 1. The fourth-order valence-corrected chi connectivity index (χ4v) is 6.07. The summed E-state index contributed by atoms with van der Waals surface area (Å²) in [6.45, 7) is 8.35. The first-order valence-corrected chi connectivity index (χ1v) is 13.6. The molecule has 196 valence electrons. The average Bonchev–Trinajstić information content (AvgIpc) is 3.57. The van der Waals surface area contributed by atoms with E-state index < -0.39 is 0 Å². The van der Waals surface area contributed by atoms with Gasteiger partial charge in [0, 0.05) is 68.4 Å². The second-order valence-electron chi connectivity index (χ2n) is 10.9. The van der Waals surface area contributed by atoms with Crippen molar-refractivity contribution in [2.24, 2.45) is 0 Å². The summed E-state index contributed by atoms with van der Waals surface area (Å²) in [5.41, 5.74) is 6.70. The van der Waals surface area contributed by atoms with E-state index >= 15 is 0 Å². The molecule has 3 aromatic heterocycles. The second-order valence-corrected chi connectivity index (χ2v) is 10.9. The summed E-state index contributed by atoms with van der Waals surface area (Å²) in [6, 6.07) is 8.72. The molecule has 2 fully saturated rings. The first-order chi connectivity index (χ1) is 18.5. The van der Waals surface area contributed by atoms with Gasteiger partial charge in [-0.15, -0.1) is 0 Å². The Morgan fingerprint density at radius 2 is 1.97 bits per heavy atom. The molecule has 0 N–H and O–H groups in total. The van der Waals surface area contributed by atoms with Crippen LogP contribution in [0.2, 0.25) is 0 Å². The molecule has 2 aliphatic heterocycles. The molecule has 7 nitrogen and oxygen atoms in total. The lowest BCUT2D eigenvalue weighted by molar-refractivity contribution is 0.275. The van der Waals surface area contributed by atoms with Gasteiger partial charge in [-0.1, -0.05) is 5.57 Å². The topological polar surface area (TPSA) is 63.7 Å². The number of nitriles is 1. The maximum Gasteiger partial charge on any atom is 0.128 e. The number of likely N-dealkylation sites (tertiary alicyclic amines) is 1. The van der Waals surface area contributed by atoms with Crippen LogP contribution < -0.4 is 4.90 Å². The van der Waals surface area contributed by atoms with Crippen molar-refractivity contribution in [3.63, 3.8) is 0 Å². The van der Waals surface area contributed by atoms with E-state index in [1.807, 2.05) is 10.7 Å². The van der Waals surface area contributed by atoms with E-state index in [0.717, 1.165) is 86.6 Å². The van der Waals surface area contributed by atoms with Crippen molar-refractivity contribution in [1.29, 1.82) is 5.26 Å². The number of halogens is 1. The number of hydrogen-bond acceptors (Lipinski definition) is 6. The normalized spacial score (nSPS) is 21.3. The van der Waals surface area contributed by atoms with Gasteiger partial charge in [-0.25, -0.2) is 13.9 Å². The van der Waals surface area contributed by atoms with E-state index in [9.17, 15) is 9.65 Å². The number of piperazine rings is 1. The highest BCUT2D eigenvalue weighted by molar-refractivity contribution is 5.84. The molecule has 0 amide bonds. The van der Waals surface area contributed by atoms with Crippen molar-refractivity contribution in [2.45, 2.75) is 32.1 Å². The number of likely N-dealkylation sites (N-methyl/N-ethyl adjacent to an activating group) is 1. The van der Waals surface area contributed by atoms with Gasteiger partial charge in [0.1, 0.15) is 17.7 Å². The van der Waals surface area contributed by atoms with Crippen LogP contribution in [0.5, 0.6) is 0 Å². The zero-order chi connectivity index (χ0) is 26.2. The van der Waals surface area contributed by atoms with Crippen molar-refractivity contribution >= 4 is 11.3 Å². The SMILES string of the molecule is CC1=C(CN2CCN(c3ccc(-c4cc(C5CCN(C)C5)cn5ncc(C#N)c45)cn3)CC2)C(F)=CCC1. The molecule has 0 bridgehead atoms. The lowest BCUT2D eigenvalue weighted by atomic mass is 9.95. The molecule has 38 heavy (non-hydrogen) atoms. The quantitative estimate of drug-likeness (QED) is 0.492. The minimum absolute atomic E-state index is 0.0377. The molecule has 0 spiro atoms. The van der Waals surface area contributed by atoms with Crippen LogP contribution in [-0.4, -0.2) is 77.3 Å². The Kier molecular flexibility index (Phi) is 6.73. The van der Waals surface area contributed by atoms with Crippen molar-refractivity contribution in [2.75, 3.05) is 57.8 Å². The molecule has 3 aliphatic rings. The van der Waals surface area contributed by atoms with Crippen LogP contribution in [-0.2, 0) is 0 Å². The summed E-state index contributed by atoms with van der Waals surface area (Å²) < 4.78 is 16.2. The molecule has 5 heterocycles. The van der Waals surface area contributed by atoms with Gasteiger partial charge in [-0.05, 0) is 75.5 Å². The van der Waals surface area contributed by atoms with E-state index in [0.29, 0.717) is 18.0 Å². The molecule has 0 radical (unpaired) electrons. The van der Waals surface area contributed by atoms with Gasteiger partial charge in [-0.2, -0.15) is 10.4 Å². The summed E-state index contributed by atoms with van der Waals surface area (Å²) in [5, 5.41) is 14.2. The molecule has 3 aromatic rings. The second kappa shape index (κ2) is 10.3. The minimum Gasteiger partial charge on any atom is -0.354 e. The van der Waals surface area contributed by atoms with Crippen LogP contribution in [0.4, 0.5) is 10.2 Å². The van der Waals surface area contributed by atoms with Crippen LogP contribution in [0.1, 0.15) is 43.2 Å². The molecule has 6 rings (SSSR count). The predicted molar refractivity (Wildman–Crippen MR) is 148 cm³/mol. The first kappa shape index (κ1) is 24.8. The number of aromatic nitrogens is 3. The van der Waals surface area contributed by atoms with E-state index in [4.69, 9.17) is 4.98 Å². The highest BCUT2D eigenvalue weighted by Gasteiger charge is 2.25. The van der Waals surface area contributed by atoms with E-state index in [1.165, 1.54) is 11.1 Å². The summed E-state index contributed by atoms with van der Waals surface area (Å²) >= 11 is 0. The van der Waals surface area contributed by atoms with Gasteiger partial charge in [0.25, 0.3) is 0 Å². The van der Waals surface area contributed by atoms with E-state index in [-0.39, 0.29) is 5.83 Å². The third-order valence-electron chi connectivity index (χ3n) is 8.40. The lowest BCUT2D eigenvalue weighted by Crippen LogP contribution is -2.47. The first-order valence-electron chi connectivity index (χ1n) is 13.6. The average molecular weight is 512 g/mol. The maximum absolute atomic E-state index is 14.4. The molecule has 8 heteroatoms. The number of anilines is 1. The number of hydrogen-bond donors (Lipinski definition) is 0. The van der Waals surface area contributed by atoms with E-state index in [1.54, 1.807) is 12.3 Å². The Bertz CT molecular complexity index is 1440. The number of allylic oxidation sites excluding steroid dienone is 2. The lowest BCUT2D eigenvalue weighted by Gasteiger charge is -2.36. The molecule has 0 saturated carbocycles. The third-order valence-corrected chi connectivity index (χ3v) is 8.40. The van der Waals surface area contributed by atoms with Crippen LogP contribution in [0, 0.1) is 11.3 Å². The number of rotatable bonds is 5. The van der Waals surface area contributed by atoms with Crippen molar-refractivity contribution in [1.82, 2.24) is 24.4 Å². The van der Waals surface area contributed by atoms with Crippen molar-refractivity contribution < 1.29 is 4.39 Å². The zero-order valence-corrected chi connectivity index (χ0v) is 22.2. The highest BCUT2D eigenvalue weighted by Crippen LogP contribution is 2.34. The summed E-state index contributed by atoms with van der Waals surface area (Å²) in [5.74, 6) is 1.37. The molecular formula is C30H34FN7. The number of pyridine rings is 2. The highest BCUT2D eigenvalue weighted by atomic mass is 19.1. The Balaban J connectivity index is 1.20. The van der Waals surface area contributed by atoms with E-state index in [2.05, 4.69) is 64.2 Å². The zero-order valence-electron chi connectivity index (χ0n) is 22.2. The van der Waals surface area contributed by atoms with Crippen molar-refractivity contribution in [3.8, 4) is 17.2 Å². The van der Waals surface area contributed by atoms with Gasteiger partial charge in [-0.3, -0.25) is 4.90 Å². The Morgan fingerprint density at radius 1 is 1.13 bits per heavy atom. The van der Waals surface area contributed by atoms with Crippen LogP contribution in [0.25, 0.3) is 16.6 Å². The smallest absolute Gasteiger partial charge is 0.128 e. The fraction of sp³-hybridized carbons (Fsp3) is 0.433. The molecule has 1 aliphatic carbocycles. The van der Waals surface area contributed by atoms with Crippen LogP contribution >= 0.6 is 0 Å². The van der Waals surface area contributed by atoms with Crippen LogP contribution in [0.15, 0.2) is 59.8 Å². The summed E-state index contributed by atoms with van der Waals surface area (Å²) in [7, 11) is 2.16. The third kappa shape index (κ3) is 4.72. The van der Waals surface area contributed by atoms with Crippen molar-refractivity contribution in [3.05, 3.63) is 71.0 Å². The summed E-state index contributed by atoms with van der Waals surface area (Å²) in [6.07, 6.45) is 10.3. The minimum atomic E-state index is -0.0377. The Morgan fingerprint density at radius 3 is 2.66 bits per heavy atom. The fourth-order valence-electron chi connectivity index (χ4n) is 6.07. The molecule has 2 saturated heterocycles. The van der Waals surface area contributed by atoms with Gasteiger partial charge >= 0.3 is 0 Å². The molecule has 0 aromatic carbocycles. The summed E-state index contributed by atoms with van der Waals surface area (Å²) in [4.78, 5) is 11.8. The Labute approximate surface area is 223 Å². The maximum atomic E-state index is 14.4. The van der Waals surface area contributed by atoms with Gasteiger partial charge in [0.15, 0.2) is 0 Å². The number of nitrogens with zero attached hydrogens (tertiary/aromatic N) is 7. The monoisotopic (exact) mass is 511 g/mol. The molecular weight excluding hydrogens is 477 g/mol. The standard InChI is InChI=1S/C30H34FN7/c1-21-4-3-5-28(31)27(21)20-36-10-12-37(13-11-36)29-7-6-22(16-33-29)26-14-24(23-8-9-35(2)18-23)19-38-30(26)25(15-32)17-34-38/h5-7,14,16-17,19,23H,3-4,8-13,18,20H2,1-2H3. The van der Waals surface area contributed by atoms with Gasteiger partial charge in [0.05, 0.1) is 17.3 Å². The van der Waals surface area contributed by atoms with Gasteiger partial charge < -0.3 is 9.80 Å². The molecule has 1 atom stereocenters. The molecule has 1 unspecified atom stereocenters. The predicted octanol–water partition coefficient (Wildman–Crippen LogP) is 4.77.